The molecule has 2 saturated carbocycles. The Balaban J connectivity index is 1.66. The van der Waals surface area contributed by atoms with Gasteiger partial charge in [-0.25, -0.2) is 8.42 Å². The van der Waals surface area contributed by atoms with E-state index >= 15 is 0 Å². The third kappa shape index (κ3) is 8.97. The average Bonchev–Trinajstić information content (AvgIpc) is 3.05. The fourth-order valence-electron chi connectivity index (χ4n) is 6.38. The van der Waals surface area contributed by atoms with Crippen LogP contribution in [-0.2, 0) is 19.4 Å². The molecule has 0 heterocycles. The van der Waals surface area contributed by atoms with E-state index in [9.17, 15) is 28.1 Å². The number of hydrogen-bond donors (Lipinski definition) is 0. The summed E-state index contributed by atoms with van der Waals surface area (Å²) >= 11 is 0. The number of carbonyl (C=O) groups excluding carboxylic acids is 2. The van der Waals surface area contributed by atoms with Crippen molar-refractivity contribution < 1.29 is 32.4 Å². The normalized spacial score (nSPS) is 23.1. The molecule has 9 nitrogen and oxygen atoms in total. The molecule has 2 aromatic carbocycles. The lowest BCUT2D eigenvalue weighted by molar-refractivity contribution is -0.385. The molecular weight excluding hydrogens is 606 g/mol. The van der Waals surface area contributed by atoms with Crippen LogP contribution in [0.15, 0.2) is 41.3 Å². The standard InChI is InChI=1S/C36H45NO8S/c1-4-6-8-10-26-11-13-29(14-12-26)35(39)44-34-23-31(28-15-17-30(18-16-28)46(3,42)43)33(24-32(34)37(40)41)45-36(25-38)21-19-27(20-22-36)9-7-5-2/h15-18,23-27,29H,4-7,9,11-14,19-22H2,1-3H3. The van der Waals surface area contributed by atoms with Crippen LogP contribution < -0.4 is 9.47 Å². The molecule has 0 unspecified atom stereocenters. The molecular formula is C36H45NO8S. The summed E-state index contributed by atoms with van der Waals surface area (Å²) < 4.78 is 36.4. The Morgan fingerprint density at radius 1 is 1.02 bits per heavy atom. The van der Waals surface area contributed by atoms with Gasteiger partial charge in [-0.15, -0.1) is 5.92 Å². The Labute approximate surface area is 272 Å². The number of unbranched alkanes of at least 4 members (excludes halogenated alkanes) is 2. The van der Waals surface area contributed by atoms with E-state index in [0.717, 1.165) is 70.3 Å². The molecule has 0 saturated heterocycles. The molecule has 248 valence electrons. The van der Waals surface area contributed by atoms with E-state index < -0.39 is 37.9 Å². The number of rotatable bonds is 12. The smallest absolute Gasteiger partial charge is 0.315 e. The van der Waals surface area contributed by atoms with E-state index in [0.29, 0.717) is 42.7 Å². The molecule has 10 heteroatoms. The first-order chi connectivity index (χ1) is 22.0. The van der Waals surface area contributed by atoms with Crippen molar-refractivity contribution in [2.45, 2.75) is 108 Å². The molecule has 46 heavy (non-hydrogen) atoms. The number of carbonyl (C=O) groups is 2. The third-order valence-corrected chi connectivity index (χ3v) is 10.4. The van der Waals surface area contributed by atoms with Crippen molar-refractivity contribution in [1.82, 2.24) is 0 Å². The largest absolute Gasteiger partial charge is 0.479 e. The minimum Gasteiger partial charge on any atom is -0.479 e. The highest BCUT2D eigenvalue weighted by Gasteiger charge is 2.39. The highest BCUT2D eigenvalue weighted by Crippen LogP contribution is 2.45. The minimum absolute atomic E-state index is 0.101. The topological polar surface area (TPSA) is 130 Å². The Morgan fingerprint density at radius 3 is 2.26 bits per heavy atom. The molecule has 0 aromatic heterocycles. The van der Waals surface area contributed by atoms with Crippen molar-refractivity contribution in [3.8, 4) is 34.5 Å². The molecule has 0 bridgehead atoms. The van der Waals surface area contributed by atoms with Crippen LogP contribution in [0.25, 0.3) is 11.1 Å². The Kier molecular flexibility index (Phi) is 12.0. The van der Waals surface area contributed by atoms with Crippen molar-refractivity contribution in [2.75, 3.05) is 6.26 Å². The molecule has 0 aliphatic heterocycles. The van der Waals surface area contributed by atoms with Gasteiger partial charge in [-0.1, -0.05) is 51.2 Å². The summed E-state index contributed by atoms with van der Waals surface area (Å²) in [5.41, 5.74) is -0.748. The van der Waals surface area contributed by atoms with Crippen LogP contribution in [0.3, 0.4) is 0 Å². The van der Waals surface area contributed by atoms with Crippen molar-refractivity contribution in [3.05, 3.63) is 46.5 Å². The highest BCUT2D eigenvalue weighted by atomic mass is 32.2. The van der Waals surface area contributed by atoms with Crippen molar-refractivity contribution in [1.29, 1.82) is 0 Å². The summed E-state index contributed by atoms with van der Waals surface area (Å²) in [7, 11) is -3.47. The first-order valence-electron chi connectivity index (χ1n) is 16.5. The SMILES string of the molecule is CCCC#CC1CCC(C(=O)Oc2cc(-c3ccc(S(C)(=O)=O)cc3)c(OC3(C=O)CCC(CCCC)CC3)cc2[N+](=O)[O-])CC1. The van der Waals surface area contributed by atoms with Gasteiger partial charge >= 0.3 is 11.7 Å². The summed E-state index contributed by atoms with van der Waals surface area (Å²) in [6.45, 7) is 4.23. The van der Waals surface area contributed by atoms with Crippen molar-refractivity contribution in [3.63, 3.8) is 0 Å². The highest BCUT2D eigenvalue weighted by molar-refractivity contribution is 7.90. The number of benzene rings is 2. The third-order valence-electron chi connectivity index (χ3n) is 9.25. The Morgan fingerprint density at radius 2 is 1.70 bits per heavy atom. The van der Waals surface area contributed by atoms with Crippen molar-refractivity contribution in [2.24, 2.45) is 17.8 Å². The van der Waals surface area contributed by atoms with Gasteiger partial charge in [-0.2, -0.15) is 0 Å². The minimum atomic E-state index is -3.47. The number of aldehydes is 1. The van der Waals surface area contributed by atoms with Crippen LogP contribution in [-0.4, -0.2) is 37.5 Å². The zero-order valence-corrected chi connectivity index (χ0v) is 27.9. The lowest BCUT2D eigenvalue weighted by Crippen LogP contribution is -2.42. The van der Waals surface area contributed by atoms with Crippen LogP contribution in [0.5, 0.6) is 11.5 Å². The van der Waals surface area contributed by atoms with Gasteiger partial charge in [0.2, 0.25) is 5.75 Å². The number of nitro groups is 1. The van der Waals surface area contributed by atoms with Gasteiger partial charge in [0.25, 0.3) is 0 Å². The number of nitrogens with zero attached hydrogens (tertiary/aromatic N) is 1. The summed E-state index contributed by atoms with van der Waals surface area (Å²) in [4.78, 5) is 37.6. The second-order valence-electron chi connectivity index (χ2n) is 12.8. The van der Waals surface area contributed by atoms with Crippen LogP contribution in [0, 0.1) is 39.7 Å². The molecule has 2 aliphatic carbocycles. The van der Waals surface area contributed by atoms with E-state index in [4.69, 9.17) is 9.47 Å². The molecule has 0 spiro atoms. The lowest BCUT2D eigenvalue weighted by atomic mass is 9.77. The number of ether oxygens (including phenoxy) is 2. The van der Waals surface area contributed by atoms with Crippen LogP contribution >= 0.6 is 0 Å². The second kappa shape index (κ2) is 15.7. The Bertz CT molecular complexity index is 1560. The Hall–Kier alpha value is -3.71. The maximum Gasteiger partial charge on any atom is 0.315 e. The van der Waals surface area contributed by atoms with Crippen LogP contribution in [0.1, 0.15) is 97.3 Å². The van der Waals surface area contributed by atoms with Gasteiger partial charge in [-0.3, -0.25) is 19.7 Å². The van der Waals surface area contributed by atoms with Crippen LogP contribution in [0.2, 0.25) is 0 Å². The van der Waals surface area contributed by atoms with E-state index in [1.54, 1.807) is 12.1 Å². The van der Waals surface area contributed by atoms with Gasteiger partial charge in [0, 0.05) is 24.2 Å². The number of esters is 1. The molecule has 0 radical (unpaired) electrons. The number of sulfone groups is 1. The first kappa shape index (κ1) is 35.1. The molecule has 0 amide bonds. The monoisotopic (exact) mass is 651 g/mol. The molecule has 0 N–H and O–H groups in total. The molecule has 0 atom stereocenters. The van der Waals surface area contributed by atoms with Gasteiger partial charge in [-0.05, 0) is 87.5 Å². The van der Waals surface area contributed by atoms with E-state index in [-0.39, 0.29) is 22.3 Å². The summed E-state index contributed by atoms with van der Waals surface area (Å²) in [6, 6.07) is 8.65. The van der Waals surface area contributed by atoms with Gasteiger partial charge in [0.1, 0.15) is 5.75 Å². The summed E-state index contributed by atoms with van der Waals surface area (Å²) in [6.07, 6.45) is 12.3. The molecule has 2 fully saturated rings. The number of nitro benzene ring substituents is 1. The van der Waals surface area contributed by atoms with Gasteiger partial charge in [0.15, 0.2) is 21.7 Å². The van der Waals surface area contributed by atoms with Crippen molar-refractivity contribution >= 4 is 27.8 Å². The van der Waals surface area contributed by atoms with E-state index in [1.807, 2.05) is 0 Å². The first-order valence-corrected chi connectivity index (χ1v) is 18.4. The average molecular weight is 652 g/mol. The van der Waals surface area contributed by atoms with Gasteiger partial charge < -0.3 is 9.47 Å². The zero-order chi connectivity index (χ0) is 33.3. The van der Waals surface area contributed by atoms with Crippen LogP contribution in [0.4, 0.5) is 5.69 Å². The maximum absolute atomic E-state index is 13.3. The maximum atomic E-state index is 13.3. The quantitative estimate of drug-likeness (QED) is 0.0566. The predicted octanol–water partition coefficient (Wildman–Crippen LogP) is 7.88. The number of hydrogen-bond acceptors (Lipinski definition) is 8. The summed E-state index contributed by atoms with van der Waals surface area (Å²) in [5, 5.41) is 12.3. The van der Waals surface area contributed by atoms with Gasteiger partial charge in [0.05, 0.1) is 21.8 Å². The lowest BCUT2D eigenvalue weighted by Gasteiger charge is -2.37. The second-order valence-corrected chi connectivity index (χ2v) is 14.8. The molecule has 2 aliphatic rings. The fourth-order valence-corrected chi connectivity index (χ4v) is 7.01. The molecule has 2 aromatic rings. The van der Waals surface area contributed by atoms with E-state index in [1.165, 1.54) is 24.3 Å². The summed E-state index contributed by atoms with van der Waals surface area (Å²) in [5.74, 6) is 6.13. The predicted molar refractivity (Wildman–Crippen MR) is 176 cm³/mol. The fraction of sp³-hybridized carbons (Fsp3) is 0.556. The van der Waals surface area contributed by atoms with E-state index in [2.05, 4.69) is 25.7 Å². The molecule has 4 rings (SSSR count). The zero-order valence-electron chi connectivity index (χ0n) is 27.1.